The predicted octanol–water partition coefficient (Wildman–Crippen LogP) is 2.31. The van der Waals surface area contributed by atoms with E-state index in [0.717, 1.165) is 36.9 Å². The smallest absolute Gasteiger partial charge is 0.194 e. The van der Waals surface area contributed by atoms with Gasteiger partial charge in [0.2, 0.25) is 0 Å². The van der Waals surface area contributed by atoms with Gasteiger partial charge in [0, 0.05) is 25.2 Å². The third-order valence-electron chi connectivity index (χ3n) is 6.17. The Hall–Kier alpha value is -1.80. The second-order valence-electron chi connectivity index (χ2n) is 8.70. The Bertz CT molecular complexity index is 848. The van der Waals surface area contributed by atoms with Crippen molar-refractivity contribution in [1.29, 1.82) is 0 Å². The van der Waals surface area contributed by atoms with Crippen LogP contribution in [0.3, 0.4) is 0 Å². The molecular weight excluding hydrogens is 400 g/mol. The number of nitrogens with one attached hydrogen (secondary N) is 1. The molecule has 1 aromatic rings. The first-order valence-electron chi connectivity index (χ1n) is 10.9. The number of para-hydroxylation sites is 1. The highest BCUT2D eigenvalue weighted by molar-refractivity contribution is 7.92. The molecule has 2 aliphatic heterocycles. The van der Waals surface area contributed by atoms with Gasteiger partial charge < -0.3 is 15.0 Å². The summed E-state index contributed by atoms with van der Waals surface area (Å²) < 4.78 is 29.7. The van der Waals surface area contributed by atoms with E-state index in [1.165, 1.54) is 12.8 Å². The van der Waals surface area contributed by atoms with Crippen LogP contribution in [0.2, 0.25) is 0 Å². The molecule has 1 atom stereocenters. The Morgan fingerprint density at radius 2 is 1.93 bits per heavy atom. The second kappa shape index (κ2) is 9.56. The zero-order valence-electron chi connectivity index (χ0n) is 18.7. The average Bonchev–Trinajstić information content (AvgIpc) is 3.24. The third-order valence-corrected chi connectivity index (χ3v) is 8.70. The number of aliphatic imine (C=N–C) groups is 1. The maximum Gasteiger partial charge on any atom is 0.194 e. The Kier molecular flexibility index (Phi) is 7.29. The van der Waals surface area contributed by atoms with E-state index in [1.807, 2.05) is 25.1 Å². The number of hydrogen-bond acceptors (Lipinski definition) is 5. The second-order valence-corrected chi connectivity index (χ2v) is 11.4. The Labute approximate surface area is 181 Å². The van der Waals surface area contributed by atoms with Gasteiger partial charge in [0.25, 0.3) is 0 Å². The van der Waals surface area contributed by atoms with Crippen LogP contribution in [-0.2, 0) is 9.84 Å². The lowest BCUT2D eigenvalue weighted by molar-refractivity contribution is 0.244. The third kappa shape index (κ3) is 4.91. The Morgan fingerprint density at radius 1 is 1.23 bits per heavy atom. The molecule has 7 nitrogen and oxygen atoms in total. The molecule has 1 aromatic carbocycles. The minimum absolute atomic E-state index is 0.138. The van der Waals surface area contributed by atoms with Gasteiger partial charge in [-0.05, 0) is 52.8 Å². The number of likely N-dealkylation sites (tertiary alicyclic amines) is 1. The lowest BCUT2D eigenvalue weighted by Gasteiger charge is -2.39. The lowest BCUT2D eigenvalue weighted by Crippen LogP contribution is -2.57. The summed E-state index contributed by atoms with van der Waals surface area (Å²) in [5, 5.41) is 3.37. The molecule has 3 rings (SSSR count). The number of benzene rings is 1. The Balaban J connectivity index is 1.86. The molecule has 1 N–H and O–H groups in total. The monoisotopic (exact) mass is 436 g/mol. The highest BCUT2D eigenvalue weighted by Gasteiger charge is 2.41. The number of nitrogens with zero attached hydrogens (tertiary/aromatic N) is 3. The van der Waals surface area contributed by atoms with E-state index >= 15 is 0 Å². The van der Waals surface area contributed by atoms with Gasteiger partial charge in [-0.1, -0.05) is 18.2 Å². The van der Waals surface area contributed by atoms with Gasteiger partial charge in [0.1, 0.15) is 5.75 Å². The molecule has 0 saturated carbocycles. The summed E-state index contributed by atoms with van der Waals surface area (Å²) >= 11 is 0. The Morgan fingerprint density at radius 3 is 2.57 bits per heavy atom. The van der Waals surface area contributed by atoms with Crippen molar-refractivity contribution in [2.75, 3.05) is 52.1 Å². The number of sulfone groups is 1. The van der Waals surface area contributed by atoms with Crippen LogP contribution in [0.1, 0.15) is 45.2 Å². The molecule has 0 amide bonds. The van der Waals surface area contributed by atoms with Gasteiger partial charge >= 0.3 is 0 Å². The van der Waals surface area contributed by atoms with Crippen molar-refractivity contribution in [2.45, 2.75) is 44.4 Å². The van der Waals surface area contributed by atoms with Gasteiger partial charge in [-0.2, -0.15) is 0 Å². The molecule has 2 fully saturated rings. The molecule has 0 spiro atoms. The molecule has 0 aromatic heterocycles. The summed E-state index contributed by atoms with van der Waals surface area (Å²) in [6.45, 7) is 10.0. The molecule has 0 radical (unpaired) electrons. The van der Waals surface area contributed by atoms with Crippen molar-refractivity contribution in [2.24, 2.45) is 4.99 Å². The average molecular weight is 437 g/mol. The molecule has 8 heteroatoms. The van der Waals surface area contributed by atoms with E-state index in [1.54, 1.807) is 21.0 Å². The summed E-state index contributed by atoms with van der Waals surface area (Å²) in [6, 6.07) is 8.31. The van der Waals surface area contributed by atoms with E-state index in [4.69, 9.17) is 9.73 Å². The molecule has 2 saturated heterocycles. The zero-order valence-corrected chi connectivity index (χ0v) is 19.5. The van der Waals surface area contributed by atoms with Crippen LogP contribution in [0.25, 0.3) is 0 Å². The van der Waals surface area contributed by atoms with Crippen LogP contribution in [0.5, 0.6) is 5.75 Å². The topological polar surface area (TPSA) is 74.2 Å². The van der Waals surface area contributed by atoms with E-state index in [-0.39, 0.29) is 11.8 Å². The number of hydrogen-bond donors (Lipinski definition) is 1. The van der Waals surface area contributed by atoms with E-state index < -0.39 is 14.6 Å². The summed E-state index contributed by atoms with van der Waals surface area (Å²) in [7, 11) is -1.38. The fourth-order valence-corrected chi connectivity index (χ4v) is 5.69. The van der Waals surface area contributed by atoms with E-state index in [2.05, 4.69) is 21.2 Å². The summed E-state index contributed by atoms with van der Waals surface area (Å²) in [5.74, 6) is 1.84. The molecule has 0 aliphatic carbocycles. The van der Waals surface area contributed by atoms with Crippen molar-refractivity contribution in [3.8, 4) is 5.75 Å². The van der Waals surface area contributed by atoms with Crippen LogP contribution in [0, 0.1) is 0 Å². The number of guanidine groups is 1. The first-order valence-corrected chi connectivity index (χ1v) is 12.6. The SMILES string of the molecule is CCNC(=NCC(c1ccccc1OC)N1CCCC1)N1CCS(=O)(=O)C(C)(C)C1. The number of rotatable bonds is 6. The first-order chi connectivity index (χ1) is 14.3. The highest BCUT2D eigenvalue weighted by atomic mass is 32.2. The van der Waals surface area contributed by atoms with Crippen LogP contribution >= 0.6 is 0 Å². The molecule has 1 unspecified atom stereocenters. The summed E-state index contributed by atoms with van der Waals surface area (Å²) in [5.41, 5.74) is 1.16. The van der Waals surface area contributed by atoms with Gasteiger partial charge in [-0.25, -0.2) is 8.42 Å². The molecule has 2 aliphatic rings. The highest BCUT2D eigenvalue weighted by Crippen LogP contribution is 2.32. The molecule has 0 bridgehead atoms. The molecular formula is C22H36N4O3S. The first kappa shape index (κ1) is 22.9. The number of ether oxygens (including phenoxy) is 1. The molecule has 30 heavy (non-hydrogen) atoms. The van der Waals surface area contributed by atoms with E-state index in [9.17, 15) is 8.42 Å². The fraction of sp³-hybridized carbons (Fsp3) is 0.682. The van der Waals surface area contributed by atoms with Crippen LogP contribution in [0.15, 0.2) is 29.3 Å². The van der Waals surface area contributed by atoms with E-state index in [0.29, 0.717) is 19.6 Å². The maximum atomic E-state index is 12.4. The maximum absolute atomic E-state index is 12.4. The van der Waals surface area contributed by atoms with Gasteiger partial charge in [0.15, 0.2) is 15.8 Å². The van der Waals surface area contributed by atoms with Gasteiger partial charge in [-0.15, -0.1) is 0 Å². The standard InChI is InChI=1S/C22H36N4O3S/c1-5-23-21(26-14-15-30(27,28)22(2,3)17-26)24-16-19(25-12-8-9-13-25)18-10-6-7-11-20(18)29-4/h6-7,10-11,19H,5,8-9,12-17H2,1-4H3,(H,23,24). The van der Waals surface area contributed by atoms with Crippen molar-refractivity contribution in [1.82, 2.24) is 15.1 Å². The van der Waals surface area contributed by atoms with Crippen LogP contribution in [0.4, 0.5) is 0 Å². The van der Waals surface area contributed by atoms with Gasteiger partial charge in [-0.3, -0.25) is 9.89 Å². The quantitative estimate of drug-likeness (QED) is 0.545. The van der Waals surface area contributed by atoms with Crippen molar-refractivity contribution in [3.05, 3.63) is 29.8 Å². The normalized spacial score (nSPS) is 22.7. The number of methoxy groups -OCH3 is 1. The summed E-state index contributed by atoms with van der Waals surface area (Å²) in [6.07, 6.45) is 2.40. The minimum Gasteiger partial charge on any atom is -0.496 e. The van der Waals surface area contributed by atoms with Crippen LogP contribution < -0.4 is 10.1 Å². The van der Waals surface area contributed by atoms with Crippen molar-refractivity contribution in [3.63, 3.8) is 0 Å². The predicted molar refractivity (Wildman–Crippen MR) is 122 cm³/mol. The molecule has 2 heterocycles. The largest absolute Gasteiger partial charge is 0.496 e. The van der Waals surface area contributed by atoms with Gasteiger partial charge in [0.05, 0.1) is 30.2 Å². The lowest BCUT2D eigenvalue weighted by atomic mass is 10.0. The zero-order chi connectivity index (χ0) is 21.8. The molecule has 168 valence electrons. The van der Waals surface area contributed by atoms with Crippen molar-refractivity contribution >= 4 is 15.8 Å². The minimum atomic E-state index is -3.09. The van der Waals surface area contributed by atoms with Crippen LogP contribution in [-0.4, -0.2) is 81.1 Å². The summed E-state index contributed by atoms with van der Waals surface area (Å²) in [4.78, 5) is 9.56. The fourth-order valence-electron chi connectivity index (χ4n) is 4.33. The van der Waals surface area contributed by atoms with Crippen molar-refractivity contribution < 1.29 is 13.2 Å².